The molecule has 0 aromatic rings. The summed E-state index contributed by atoms with van der Waals surface area (Å²) in [6.07, 6.45) is 0.132. The van der Waals surface area contributed by atoms with Gasteiger partial charge in [-0.25, -0.2) is 6.17 Å². The van der Waals surface area contributed by atoms with Gasteiger partial charge in [0.15, 0.2) is 0 Å². The van der Waals surface area contributed by atoms with Gasteiger partial charge in [0, 0.05) is 0 Å². The molecule has 0 aliphatic heterocycles. The van der Waals surface area contributed by atoms with E-state index in [0.717, 1.165) is 0 Å². The van der Waals surface area contributed by atoms with Crippen molar-refractivity contribution in [2.45, 2.75) is 127 Å². The average Bonchev–Trinajstić information content (AvgIpc) is 2.34. The quantitative estimate of drug-likeness (QED) is 0.292. The zero-order valence-electron chi connectivity index (χ0n) is 20.1. The molecule has 0 rings (SSSR count). The topological polar surface area (TPSA) is 52.9 Å². The third-order valence-electron chi connectivity index (χ3n) is 2.17. The molecule has 0 unspecified atom stereocenters. The van der Waals surface area contributed by atoms with Crippen molar-refractivity contribution >= 4 is 0 Å². The molecule has 160 valence electrons. The van der Waals surface area contributed by atoms with Crippen molar-refractivity contribution in [3.05, 3.63) is 16.6 Å². The summed E-state index contributed by atoms with van der Waals surface area (Å²) in [4.78, 5) is 0. The molecule has 0 fully saturated rings. The van der Waals surface area contributed by atoms with E-state index >= 15 is 0 Å². The summed E-state index contributed by atoms with van der Waals surface area (Å²) < 4.78 is 8.66. The van der Waals surface area contributed by atoms with E-state index in [1.807, 2.05) is 0 Å². The number of nitrogens with zero attached hydrogens (tertiary/aromatic N) is 4. The van der Waals surface area contributed by atoms with Gasteiger partial charge in [-0.15, -0.1) is 12.1 Å². The summed E-state index contributed by atoms with van der Waals surface area (Å²) in [6, 6.07) is 1.70. The maximum atomic E-state index is 4.62. The Morgan fingerprint density at radius 2 is 0.962 bits per heavy atom. The van der Waals surface area contributed by atoms with Crippen molar-refractivity contribution in [2.75, 3.05) is 0 Å². The Hall–Kier alpha value is 0.208. The first-order chi connectivity index (χ1) is 11.6. The molecule has 0 radical (unpaired) electrons. The van der Waals surface area contributed by atoms with Gasteiger partial charge in [0.05, 0.1) is 0 Å². The number of hydrogen-bond acceptors (Lipinski definition) is 2. The summed E-state index contributed by atoms with van der Waals surface area (Å²) in [7, 11) is 0. The molecule has 4 nitrogen and oxygen atoms in total. The fraction of sp³-hybridized carbons (Fsp3) is 0.952. The molecule has 0 spiro atoms. The van der Waals surface area contributed by atoms with Crippen LogP contribution in [0.1, 0.15) is 96.9 Å². The predicted octanol–water partition coefficient (Wildman–Crippen LogP) is 7.80. The molecule has 0 aliphatic rings. The van der Waals surface area contributed by atoms with E-state index in [-0.39, 0.29) is 29.8 Å². The third-order valence-corrected chi connectivity index (χ3v) is 4.71. The molecule has 0 bridgehead atoms. The molecule has 0 saturated heterocycles. The van der Waals surface area contributed by atoms with Crippen molar-refractivity contribution in [3.63, 3.8) is 0 Å². The summed E-state index contributed by atoms with van der Waals surface area (Å²) in [6.45, 7) is 29.6. The van der Waals surface area contributed by atoms with Crippen LogP contribution in [0.4, 0.5) is 0 Å². The second-order valence-electron chi connectivity index (χ2n) is 9.21. The third kappa shape index (κ3) is 31.9. The zero-order chi connectivity index (χ0) is 21.5. The first-order valence-corrected chi connectivity index (χ1v) is 11.6. The first-order valence-electron chi connectivity index (χ1n) is 9.82. The van der Waals surface area contributed by atoms with Crippen LogP contribution >= 0.6 is 0 Å². The van der Waals surface area contributed by atoms with E-state index in [4.69, 9.17) is 0 Å². The fourth-order valence-electron chi connectivity index (χ4n) is 1.27. The van der Waals surface area contributed by atoms with Gasteiger partial charge in [0.25, 0.3) is 0 Å². The molecule has 26 heavy (non-hydrogen) atoms. The maximum Gasteiger partial charge on any atom is -0.189 e. The Labute approximate surface area is 174 Å². The van der Waals surface area contributed by atoms with Crippen molar-refractivity contribution < 1.29 is 18.2 Å². The molecule has 0 aromatic heterocycles. The molecular formula is C21H47MoN4-3. The zero-order valence-corrected chi connectivity index (χ0v) is 22.1. The van der Waals surface area contributed by atoms with Crippen LogP contribution in [0.15, 0.2) is 6.99 Å². The average molecular weight is 452 g/mol. The monoisotopic (exact) mass is 453 g/mol. The van der Waals surface area contributed by atoms with Crippen LogP contribution in [-0.2, 0) is 18.2 Å². The van der Waals surface area contributed by atoms with Crippen LogP contribution in [0.2, 0.25) is 0 Å². The van der Waals surface area contributed by atoms with E-state index in [9.17, 15) is 0 Å². The summed E-state index contributed by atoms with van der Waals surface area (Å²) in [5.41, 5.74) is 0.147. The van der Waals surface area contributed by atoms with Crippen LogP contribution in [0, 0.1) is 11.3 Å². The van der Waals surface area contributed by atoms with E-state index < -0.39 is 0 Å². The van der Waals surface area contributed by atoms with Crippen LogP contribution in [-0.4, -0.2) is 30.3 Å². The Morgan fingerprint density at radius 3 is 1.12 bits per heavy atom. The molecule has 0 aromatic carbocycles. The minimum absolute atomic E-state index is 0.132. The Morgan fingerprint density at radius 1 is 0.692 bits per heavy atom. The largest absolute Gasteiger partial charge is 0.323 e. The van der Waals surface area contributed by atoms with Crippen molar-refractivity contribution in [1.29, 1.82) is 0 Å². The van der Waals surface area contributed by atoms with E-state index in [1.54, 1.807) is 0 Å². The van der Waals surface area contributed by atoms with Crippen LogP contribution in [0.5, 0.6) is 0 Å². The molecule has 0 N–H and O–H groups in total. The Kier molecular flexibility index (Phi) is 20.6. The summed E-state index contributed by atoms with van der Waals surface area (Å²) in [5.74, 6) is 1.42. The fourth-order valence-corrected chi connectivity index (χ4v) is 2.33. The van der Waals surface area contributed by atoms with Crippen molar-refractivity contribution in [1.82, 2.24) is 0 Å². The molecular weight excluding hydrogens is 404 g/mol. The molecule has 0 atom stereocenters. The second-order valence-corrected chi connectivity index (χ2v) is 10.6. The van der Waals surface area contributed by atoms with Gasteiger partial charge in [0.2, 0.25) is 0 Å². The molecule has 0 amide bonds. The van der Waals surface area contributed by atoms with Crippen molar-refractivity contribution in [2.24, 2.45) is 12.4 Å². The van der Waals surface area contributed by atoms with Gasteiger partial charge >= 0.3 is 65.0 Å². The normalized spacial score (nSPS) is 11.5. The summed E-state index contributed by atoms with van der Waals surface area (Å²) >= 11 is -0.364. The van der Waals surface area contributed by atoms with E-state index in [0.29, 0.717) is 24.2 Å². The van der Waals surface area contributed by atoms with Gasteiger partial charge in [0.1, 0.15) is 0 Å². The first kappa shape index (κ1) is 30.9. The summed E-state index contributed by atoms with van der Waals surface area (Å²) in [5, 5.41) is 9.24. The maximum absolute atomic E-state index is 4.62. The van der Waals surface area contributed by atoms with Gasteiger partial charge < -0.3 is 16.6 Å². The Bertz CT molecular complexity index is 338. The second kappa shape index (κ2) is 17.3. The van der Waals surface area contributed by atoms with Gasteiger partial charge in [-0.1, -0.05) is 53.9 Å². The smallest absolute Gasteiger partial charge is 0.189 e. The Balaban J connectivity index is -0.000000352. The predicted molar refractivity (Wildman–Crippen MR) is 116 cm³/mol. The van der Waals surface area contributed by atoms with Gasteiger partial charge in [-0.3, -0.25) is 0 Å². The SMILES string of the molecule is CC(C)[N-]C([N-]C(C)C)C(C)(C)C.CC(C)[N]=[Mo]=[N]C(C)C.C[C-](C)C. The van der Waals surface area contributed by atoms with Gasteiger partial charge in [-0.05, 0) is 0 Å². The van der Waals surface area contributed by atoms with E-state index in [1.165, 1.54) is 5.92 Å². The van der Waals surface area contributed by atoms with Crippen LogP contribution in [0.3, 0.4) is 0 Å². The number of hydrogen-bond donors (Lipinski definition) is 0. The van der Waals surface area contributed by atoms with Gasteiger partial charge in [-0.2, -0.15) is 20.8 Å². The standard InChI is InChI=1S/C11H24N2.C4H9.2C3H7N.Mo/c1-8(2)12-10(11(5,6)7)13-9(3)4;1-4(2)3;2*1-3(2)4;/h8-10H,1-7H3;1-3H3;2*3H,1-2H3;/q-2;-1;;;. The minimum atomic E-state index is -0.364. The molecule has 0 heterocycles. The minimum Gasteiger partial charge on any atom is -0.323 e. The van der Waals surface area contributed by atoms with Crippen molar-refractivity contribution in [3.8, 4) is 0 Å². The molecule has 0 aliphatic carbocycles. The number of rotatable bonds is 6. The molecule has 0 saturated carbocycles. The van der Waals surface area contributed by atoms with E-state index in [2.05, 4.69) is 115 Å². The van der Waals surface area contributed by atoms with Crippen LogP contribution in [0.25, 0.3) is 10.6 Å². The molecule has 5 heteroatoms. The van der Waals surface area contributed by atoms with Crippen LogP contribution < -0.4 is 0 Å².